The number of aliphatic carboxylic acids is 1. The van der Waals surface area contributed by atoms with E-state index in [-0.39, 0.29) is 31.7 Å². The highest BCUT2D eigenvalue weighted by molar-refractivity contribution is 6.30. The lowest BCUT2D eigenvalue weighted by Crippen LogP contribution is -2.38. The fourth-order valence-corrected chi connectivity index (χ4v) is 2.67. The molecule has 1 N–H and O–H groups in total. The number of carbonyl (C=O) groups excluding carboxylic acids is 1. The van der Waals surface area contributed by atoms with E-state index in [9.17, 15) is 9.59 Å². The summed E-state index contributed by atoms with van der Waals surface area (Å²) < 4.78 is 5.58. The van der Waals surface area contributed by atoms with Crippen molar-refractivity contribution in [1.82, 2.24) is 4.90 Å². The summed E-state index contributed by atoms with van der Waals surface area (Å²) in [5, 5.41) is 9.58. The maximum absolute atomic E-state index is 12.2. The molecule has 1 aliphatic rings. The molecule has 1 aliphatic carbocycles. The van der Waals surface area contributed by atoms with Crippen LogP contribution in [0.2, 0.25) is 5.02 Å². The number of rotatable bonds is 7. The first kappa shape index (κ1) is 16.8. The second-order valence-corrected chi connectivity index (χ2v) is 5.92. The van der Waals surface area contributed by atoms with Gasteiger partial charge >= 0.3 is 5.97 Å². The Balaban J connectivity index is 1.93. The van der Waals surface area contributed by atoms with Gasteiger partial charge in [-0.05, 0) is 30.5 Å². The molecule has 0 heterocycles. The normalized spacial score (nSPS) is 15.0. The number of ether oxygens (including phenoxy) is 1. The molecule has 2 rings (SSSR count). The Bertz CT molecular complexity index is 511. The summed E-state index contributed by atoms with van der Waals surface area (Å²) in [6.45, 7) is -0.169. The molecule has 0 saturated heterocycles. The lowest BCUT2D eigenvalue weighted by molar-refractivity contribution is -0.148. The Morgan fingerprint density at radius 3 is 2.45 bits per heavy atom. The van der Waals surface area contributed by atoms with Crippen molar-refractivity contribution in [2.75, 3.05) is 13.2 Å². The number of benzene rings is 1. The Morgan fingerprint density at radius 1 is 1.23 bits per heavy atom. The van der Waals surface area contributed by atoms with E-state index in [1.54, 1.807) is 24.3 Å². The maximum atomic E-state index is 12.2. The van der Waals surface area contributed by atoms with Crippen molar-refractivity contribution >= 4 is 23.5 Å². The lowest BCUT2D eigenvalue weighted by Gasteiger charge is -2.22. The van der Waals surface area contributed by atoms with Crippen molar-refractivity contribution in [2.45, 2.75) is 38.3 Å². The number of halogens is 1. The van der Waals surface area contributed by atoms with Gasteiger partial charge in [0.15, 0.2) is 0 Å². The highest BCUT2D eigenvalue weighted by atomic mass is 35.5. The van der Waals surface area contributed by atoms with Gasteiger partial charge in [0.05, 0.1) is 6.10 Å². The van der Waals surface area contributed by atoms with Crippen LogP contribution in [0, 0.1) is 0 Å². The van der Waals surface area contributed by atoms with Gasteiger partial charge in [0.1, 0.15) is 13.2 Å². The van der Waals surface area contributed by atoms with Gasteiger partial charge in [-0.25, -0.2) is 0 Å². The zero-order valence-electron chi connectivity index (χ0n) is 12.3. The molecule has 6 heteroatoms. The van der Waals surface area contributed by atoms with Crippen LogP contribution in [0.4, 0.5) is 0 Å². The quantitative estimate of drug-likeness (QED) is 0.837. The van der Waals surface area contributed by atoms with Crippen molar-refractivity contribution in [3.05, 3.63) is 34.9 Å². The number of amides is 1. The molecule has 5 nitrogen and oxygen atoms in total. The number of carboxylic acid groups (broad SMARTS) is 1. The van der Waals surface area contributed by atoms with Crippen LogP contribution in [0.3, 0.4) is 0 Å². The summed E-state index contributed by atoms with van der Waals surface area (Å²) in [7, 11) is 0. The largest absolute Gasteiger partial charge is 0.480 e. The molecule has 0 bridgehead atoms. The van der Waals surface area contributed by atoms with E-state index < -0.39 is 5.97 Å². The van der Waals surface area contributed by atoms with Crippen molar-refractivity contribution in [1.29, 1.82) is 0 Å². The average molecular weight is 326 g/mol. The first-order valence-electron chi connectivity index (χ1n) is 7.40. The van der Waals surface area contributed by atoms with Crippen LogP contribution in [-0.4, -0.2) is 41.1 Å². The molecule has 1 amide bonds. The first-order valence-corrected chi connectivity index (χ1v) is 7.78. The van der Waals surface area contributed by atoms with E-state index in [0.717, 1.165) is 31.2 Å². The SMILES string of the molecule is O=C(O)CN(Cc1ccc(Cl)cc1)C(=O)COC1CCCC1. The van der Waals surface area contributed by atoms with Gasteiger partial charge in [0.2, 0.25) is 5.91 Å². The minimum Gasteiger partial charge on any atom is -0.480 e. The standard InChI is InChI=1S/C16H20ClNO4/c17-13-7-5-12(6-8-13)9-18(10-16(20)21)15(19)11-22-14-3-1-2-4-14/h5-8,14H,1-4,9-11H2,(H,20,21). The maximum Gasteiger partial charge on any atom is 0.323 e. The zero-order valence-corrected chi connectivity index (χ0v) is 13.1. The van der Waals surface area contributed by atoms with Gasteiger partial charge in [-0.3, -0.25) is 9.59 Å². The second kappa shape index (κ2) is 8.15. The van der Waals surface area contributed by atoms with E-state index in [1.165, 1.54) is 4.90 Å². The summed E-state index contributed by atoms with van der Waals surface area (Å²) in [6, 6.07) is 7.00. The average Bonchev–Trinajstić information content (AvgIpc) is 2.99. The third-order valence-electron chi connectivity index (χ3n) is 3.71. The van der Waals surface area contributed by atoms with Crippen molar-refractivity contribution < 1.29 is 19.4 Å². The molecule has 1 aromatic rings. The molecular formula is C16H20ClNO4. The van der Waals surface area contributed by atoms with Crippen molar-refractivity contribution in [2.24, 2.45) is 0 Å². The van der Waals surface area contributed by atoms with Crippen LogP contribution in [0.15, 0.2) is 24.3 Å². The molecule has 0 atom stereocenters. The van der Waals surface area contributed by atoms with Crippen molar-refractivity contribution in [3.8, 4) is 0 Å². The number of nitrogens with zero attached hydrogens (tertiary/aromatic N) is 1. The second-order valence-electron chi connectivity index (χ2n) is 5.49. The Morgan fingerprint density at radius 2 is 1.86 bits per heavy atom. The molecule has 120 valence electrons. The predicted molar refractivity (Wildman–Crippen MR) is 82.7 cm³/mol. The monoisotopic (exact) mass is 325 g/mol. The minimum absolute atomic E-state index is 0.0640. The number of hydrogen-bond donors (Lipinski definition) is 1. The van der Waals surface area contributed by atoms with Gasteiger partial charge in [0, 0.05) is 11.6 Å². The number of hydrogen-bond acceptors (Lipinski definition) is 3. The third kappa shape index (κ3) is 5.31. The van der Waals surface area contributed by atoms with Crippen LogP contribution in [0.1, 0.15) is 31.2 Å². The van der Waals surface area contributed by atoms with Crippen LogP contribution in [-0.2, 0) is 20.9 Å². The van der Waals surface area contributed by atoms with Crippen LogP contribution >= 0.6 is 11.6 Å². The molecule has 0 unspecified atom stereocenters. The summed E-state index contributed by atoms with van der Waals surface area (Å²) in [4.78, 5) is 24.5. The van der Waals surface area contributed by atoms with Crippen LogP contribution in [0.5, 0.6) is 0 Å². The topological polar surface area (TPSA) is 66.8 Å². The summed E-state index contributed by atoms with van der Waals surface area (Å²) in [5.41, 5.74) is 0.833. The molecule has 1 aromatic carbocycles. The van der Waals surface area contributed by atoms with Gasteiger partial charge in [0.25, 0.3) is 0 Å². The summed E-state index contributed by atoms with van der Waals surface area (Å²) >= 11 is 5.82. The highest BCUT2D eigenvalue weighted by Gasteiger charge is 2.21. The van der Waals surface area contributed by atoms with Gasteiger partial charge in [-0.1, -0.05) is 36.6 Å². The smallest absolute Gasteiger partial charge is 0.323 e. The molecule has 0 aromatic heterocycles. The Kier molecular flexibility index (Phi) is 6.21. The van der Waals surface area contributed by atoms with Crippen molar-refractivity contribution in [3.63, 3.8) is 0 Å². The van der Waals surface area contributed by atoms with E-state index in [1.807, 2.05) is 0 Å². The van der Waals surface area contributed by atoms with Crippen LogP contribution < -0.4 is 0 Å². The molecule has 22 heavy (non-hydrogen) atoms. The Labute approximate surface area is 134 Å². The van der Waals surface area contributed by atoms with Gasteiger partial charge in [-0.2, -0.15) is 0 Å². The Hall–Kier alpha value is -1.59. The summed E-state index contributed by atoms with van der Waals surface area (Å²) in [5.74, 6) is -1.34. The predicted octanol–water partition coefficient (Wildman–Crippen LogP) is 2.71. The molecule has 0 spiro atoms. The van der Waals surface area contributed by atoms with E-state index >= 15 is 0 Å². The molecule has 1 saturated carbocycles. The third-order valence-corrected chi connectivity index (χ3v) is 3.96. The molecule has 0 radical (unpaired) electrons. The fourth-order valence-electron chi connectivity index (χ4n) is 2.54. The minimum atomic E-state index is -1.04. The fraction of sp³-hybridized carbons (Fsp3) is 0.500. The number of carbonyl (C=O) groups is 2. The molecule has 1 fully saturated rings. The van der Waals surface area contributed by atoms with E-state index in [2.05, 4.69) is 0 Å². The van der Waals surface area contributed by atoms with E-state index in [4.69, 9.17) is 21.4 Å². The lowest BCUT2D eigenvalue weighted by atomic mass is 10.2. The van der Waals surface area contributed by atoms with Gasteiger partial charge in [-0.15, -0.1) is 0 Å². The number of carboxylic acids is 1. The molecule has 0 aliphatic heterocycles. The van der Waals surface area contributed by atoms with Gasteiger partial charge < -0.3 is 14.7 Å². The molecular weight excluding hydrogens is 306 g/mol. The zero-order chi connectivity index (χ0) is 15.9. The highest BCUT2D eigenvalue weighted by Crippen LogP contribution is 2.21. The first-order chi connectivity index (χ1) is 10.5. The summed E-state index contributed by atoms with van der Waals surface area (Å²) in [6.07, 6.45) is 4.34. The van der Waals surface area contributed by atoms with Crippen LogP contribution in [0.25, 0.3) is 0 Å². The van der Waals surface area contributed by atoms with E-state index in [0.29, 0.717) is 5.02 Å².